The average Bonchev–Trinajstić information content (AvgIpc) is 2.62. The summed E-state index contributed by atoms with van der Waals surface area (Å²) in [6.07, 6.45) is 2.44. The summed E-state index contributed by atoms with van der Waals surface area (Å²) in [5.74, 6) is -0.816. The number of hydrogen-bond donors (Lipinski definition) is 2. The lowest BCUT2D eigenvalue weighted by molar-refractivity contribution is -0.384. The number of nitro groups is 1. The number of aromatic hydroxyl groups is 1. The van der Waals surface area contributed by atoms with Crippen molar-refractivity contribution in [1.29, 1.82) is 5.26 Å². The molecule has 0 heterocycles. The van der Waals surface area contributed by atoms with Crippen LogP contribution in [0.3, 0.4) is 0 Å². The number of nitro benzene ring substituents is 1. The molecular formula is C17H11BrN4O4. The van der Waals surface area contributed by atoms with Crippen LogP contribution in [0.5, 0.6) is 5.75 Å². The topological polar surface area (TPSA) is 129 Å². The van der Waals surface area contributed by atoms with E-state index in [1.807, 2.05) is 0 Å². The van der Waals surface area contributed by atoms with Gasteiger partial charge in [0.25, 0.3) is 11.6 Å². The molecule has 26 heavy (non-hydrogen) atoms. The minimum absolute atomic E-state index is 0.0288. The molecule has 2 aromatic rings. The molecule has 8 nitrogen and oxygen atoms in total. The van der Waals surface area contributed by atoms with Gasteiger partial charge < -0.3 is 5.11 Å². The van der Waals surface area contributed by atoms with Gasteiger partial charge in [0.05, 0.1) is 11.1 Å². The highest BCUT2D eigenvalue weighted by molar-refractivity contribution is 9.10. The van der Waals surface area contributed by atoms with E-state index in [0.29, 0.717) is 15.6 Å². The van der Waals surface area contributed by atoms with Gasteiger partial charge in [-0.25, -0.2) is 5.43 Å². The standard InChI is InChI=1S/C17H11BrN4O4/c18-14-4-5-16(23)13(8-14)10-20-21-17(24)12(9-19)6-11-2-1-3-15(7-11)22(25)26/h1-8,10,23H,(H,21,24)/b12-6+,20-10+. The Labute approximate surface area is 156 Å². The number of phenols is 1. The molecule has 130 valence electrons. The van der Waals surface area contributed by atoms with Crippen LogP contribution < -0.4 is 5.43 Å². The number of nitrogens with one attached hydrogen (secondary N) is 1. The first-order chi connectivity index (χ1) is 12.4. The second kappa shape index (κ2) is 8.55. The number of phenolic OH excluding ortho intramolecular Hbond substituents is 1. The summed E-state index contributed by atoms with van der Waals surface area (Å²) >= 11 is 3.24. The number of benzene rings is 2. The quantitative estimate of drug-likeness (QED) is 0.255. The van der Waals surface area contributed by atoms with E-state index in [1.54, 1.807) is 18.2 Å². The van der Waals surface area contributed by atoms with Crippen LogP contribution in [0, 0.1) is 21.4 Å². The molecular weight excluding hydrogens is 404 g/mol. The number of halogens is 1. The van der Waals surface area contributed by atoms with Crippen LogP contribution in [-0.2, 0) is 4.79 Å². The van der Waals surface area contributed by atoms with Gasteiger partial charge in [0.1, 0.15) is 17.4 Å². The SMILES string of the molecule is N#C/C(=C\c1cccc([N+](=O)[O-])c1)C(=O)N/N=C/c1cc(Br)ccc1O. The highest BCUT2D eigenvalue weighted by Gasteiger charge is 2.10. The summed E-state index contributed by atoms with van der Waals surface area (Å²) in [5, 5.41) is 33.3. The van der Waals surface area contributed by atoms with Crippen molar-refractivity contribution in [2.45, 2.75) is 0 Å². The summed E-state index contributed by atoms with van der Waals surface area (Å²) in [6, 6.07) is 11.9. The van der Waals surface area contributed by atoms with E-state index < -0.39 is 10.8 Å². The molecule has 0 bridgehead atoms. The summed E-state index contributed by atoms with van der Waals surface area (Å²) in [5.41, 5.74) is 2.43. The van der Waals surface area contributed by atoms with Crippen molar-refractivity contribution in [3.8, 4) is 11.8 Å². The van der Waals surface area contributed by atoms with Gasteiger partial charge in [-0.1, -0.05) is 28.1 Å². The fourth-order valence-electron chi connectivity index (χ4n) is 1.89. The molecule has 0 radical (unpaired) electrons. The van der Waals surface area contributed by atoms with Crippen LogP contribution in [0.1, 0.15) is 11.1 Å². The number of hydrogen-bond acceptors (Lipinski definition) is 6. The predicted molar refractivity (Wildman–Crippen MR) is 98.2 cm³/mol. The van der Waals surface area contributed by atoms with Crippen molar-refractivity contribution in [3.05, 3.63) is 73.8 Å². The van der Waals surface area contributed by atoms with Crippen LogP contribution in [0.25, 0.3) is 6.08 Å². The van der Waals surface area contributed by atoms with Gasteiger partial charge in [-0.2, -0.15) is 10.4 Å². The molecule has 0 aliphatic carbocycles. The summed E-state index contributed by atoms with van der Waals surface area (Å²) in [6.45, 7) is 0. The molecule has 2 N–H and O–H groups in total. The zero-order valence-corrected chi connectivity index (χ0v) is 14.7. The summed E-state index contributed by atoms with van der Waals surface area (Å²) in [4.78, 5) is 22.2. The fraction of sp³-hybridized carbons (Fsp3) is 0. The van der Waals surface area contributed by atoms with E-state index in [-0.39, 0.29) is 17.0 Å². The minimum atomic E-state index is -0.787. The maximum absolute atomic E-state index is 12.0. The van der Waals surface area contributed by atoms with E-state index >= 15 is 0 Å². The van der Waals surface area contributed by atoms with Crippen LogP contribution in [-0.4, -0.2) is 22.2 Å². The molecule has 0 aliphatic rings. The van der Waals surface area contributed by atoms with E-state index in [0.717, 1.165) is 0 Å². The van der Waals surface area contributed by atoms with Gasteiger partial charge in [-0.05, 0) is 29.8 Å². The van der Waals surface area contributed by atoms with Gasteiger partial charge in [-0.3, -0.25) is 14.9 Å². The molecule has 0 aliphatic heterocycles. The van der Waals surface area contributed by atoms with Gasteiger partial charge in [0, 0.05) is 22.2 Å². The van der Waals surface area contributed by atoms with Crippen molar-refractivity contribution in [3.63, 3.8) is 0 Å². The molecule has 0 unspecified atom stereocenters. The molecule has 2 rings (SSSR count). The molecule has 0 spiro atoms. The van der Waals surface area contributed by atoms with Crippen LogP contribution >= 0.6 is 15.9 Å². The normalized spacial score (nSPS) is 11.2. The van der Waals surface area contributed by atoms with Crippen LogP contribution in [0.4, 0.5) is 5.69 Å². The molecule has 0 saturated carbocycles. The number of rotatable bonds is 5. The van der Waals surface area contributed by atoms with Crippen molar-refractivity contribution in [2.75, 3.05) is 0 Å². The maximum atomic E-state index is 12.0. The lowest BCUT2D eigenvalue weighted by atomic mass is 10.1. The highest BCUT2D eigenvalue weighted by atomic mass is 79.9. The van der Waals surface area contributed by atoms with Gasteiger partial charge in [0.15, 0.2) is 0 Å². The van der Waals surface area contributed by atoms with Gasteiger partial charge in [0.2, 0.25) is 0 Å². The Morgan fingerprint density at radius 2 is 2.12 bits per heavy atom. The van der Waals surface area contributed by atoms with Crippen molar-refractivity contribution >= 4 is 39.8 Å². The fourth-order valence-corrected chi connectivity index (χ4v) is 2.27. The second-order valence-corrected chi connectivity index (χ2v) is 5.84. The highest BCUT2D eigenvalue weighted by Crippen LogP contribution is 2.20. The Morgan fingerprint density at radius 1 is 1.35 bits per heavy atom. The number of nitrogens with zero attached hydrogens (tertiary/aromatic N) is 3. The lowest BCUT2D eigenvalue weighted by Crippen LogP contribution is -2.19. The number of hydrazone groups is 1. The Morgan fingerprint density at radius 3 is 2.81 bits per heavy atom. The molecule has 1 amide bonds. The van der Waals surface area contributed by atoms with Crippen LogP contribution in [0.15, 0.2) is 57.6 Å². The first kappa shape index (κ1) is 18.8. The third kappa shape index (κ3) is 4.99. The maximum Gasteiger partial charge on any atom is 0.282 e. The van der Waals surface area contributed by atoms with Crippen LogP contribution in [0.2, 0.25) is 0 Å². The molecule has 9 heteroatoms. The smallest absolute Gasteiger partial charge is 0.282 e. The minimum Gasteiger partial charge on any atom is -0.507 e. The summed E-state index contributed by atoms with van der Waals surface area (Å²) < 4.78 is 0.714. The van der Waals surface area contributed by atoms with E-state index in [9.17, 15) is 20.0 Å². The first-order valence-electron chi connectivity index (χ1n) is 7.09. The zero-order valence-electron chi connectivity index (χ0n) is 13.1. The third-order valence-corrected chi connectivity index (χ3v) is 3.61. The second-order valence-electron chi connectivity index (χ2n) is 4.92. The van der Waals surface area contributed by atoms with Gasteiger partial charge >= 0.3 is 0 Å². The number of non-ortho nitro benzene ring substituents is 1. The number of carbonyl (C=O) groups excluding carboxylic acids is 1. The largest absolute Gasteiger partial charge is 0.507 e. The van der Waals surface area contributed by atoms with E-state index in [1.165, 1.54) is 42.6 Å². The van der Waals surface area contributed by atoms with E-state index in [2.05, 4.69) is 26.5 Å². The molecule has 0 fully saturated rings. The Hall–Kier alpha value is -3.51. The average molecular weight is 415 g/mol. The summed E-state index contributed by atoms with van der Waals surface area (Å²) in [7, 11) is 0. The molecule has 0 atom stereocenters. The number of amides is 1. The Balaban J connectivity index is 2.15. The van der Waals surface area contributed by atoms with E-state index in [4.69, 9.17) is 5.26 Å². The van der Waals surface area contributed by atoms with Gasteiger partial charge in [-0.15, -0.1) is 0 Å². The number of nitriles is 1. The molecule has 2 aromatic carbocycles. The first-order valence-corrected chi connectivity index (χ1v) is 7.88. The van der Waals surface area contributed by atoms with Crippen molar-refractivity contribution in [2.24, 2.45) is 5.10 Å². The zero-order chi connectivity index (χ0) is 19.1. The molecule has 0 aromatic heterocycles. The third-order valence-electron chi connectivity index (χ3n) is 3.12. The van der Waals surface area contributed by atoms with Crippen molar-refractivity contribution in [1.82, 2.24) is 5.43 Å². The number of carbonyl (C=O) groups is 1. The van der Waals surface area contributed by atoms with Crippen molar-refractivity contribution < 1.29 is 14.8 Å². The Kier molecular flexibility index (Phi) is 6.19. The molecule has 0 saturated heterocycles. The monoisotopic (exact) mass is 414 g/mol. The Bertz CT molecular complexity index is 963. The lowest BCUT2D eigenvalue weighted by Gasteiger charge is -2.01. The predicted octanol–water partition coefficient (Wildman–Crippen LogP) is 3.12.